The third-order valence-corrected chi connectivity index (χ3v) is 4.26. The Morgan fingerprint density at radius 1 is 1.12 bits per heavy atom. The molecule has 0 aliphatic heterocycles. The van der Waals surface area contributed by atoms with Crippen molar-refractivity contribution in [3.05, 3.63) is 65.9 Å². The molecule has 0 saturated carbocycles. The van der Waals surface area contributed by atoms with Gasteiger partial charge in [-0.15, -0.1) is 0 Å². The van der Waals surface area contributed by atoms with Crippen LogP contribution in [-0.4, -0.2) is 10.2 Å². The zero-order valence-corrected chi connectivity index (χ0v) is 14.1. The number of para-hydroxylation sites is 1. The van der Waals surface area contributed by atoms with Crippen LogP contribution in [0.2, 0.25) is 0 Å². The molecule has 0 radical (unpaired) electrons. The molecule has 4 nitrogen and oxygen atoms in total. The number of rotatable bonds is 6. The Hall–Kier alpha value is -2.75. The van der Waals surface area contributed by atoms with E-state index in [1.807, 2.05) is 42.5 Å². The van der Waals surface area contributed by atoms with Crippen molar-refractivity contribution < 1.29 is 4.74 Å². The Labute approximate surface area is 142 Å². The van der Waals surface area contributed by atoms with E-state index in [0.717, 1.165) is 34.8 Å². The molecule has 0 spiro atoms. The van der Waals surface area contributed by atoms with Crippen molar-refractivity contribution in [3.8, 4) is 17.0 Å². The zero-order chi connectivity index (χ0) is 16.9. The molecule has 1 atom stereocenters. The van der Waals surface area contributed by atoms with Crippen LogP contribution in [0.3, 0.4) is 0 Å². The quantitative estimate of drug-likeness (QED) is 0.644. The number of hydrogen-bond donors (Lipinski definition) is 2. The number of H-pyrrole nitrogens is 1. The molecule has 0 bridgehead atoms. The van der Waals surface area contributed by atoms with Crippen molar-refractivity contribution in [1.29, 1.82) is 0 Å². The number of nitrogens with zero attached hydrogens (tertiary/aromatic N) is 1. The Morgan fingerprint density at radius 3 is 2.75 bits per heavy atom. The summed E-state index contributed by atoms with van der Waals surface area (Å²) in [5, 5.41) is 7.39. The van der Waals surface area contributed by atoms with Gasteiger partial charge in [0.2, 0.25) is 0 Å². The van der Waals surface area contributed by atoms with E-state index in [9.17, 15) is 0 Å². The maximum absolute atomic E-state index is 6.02. The lowest BCUT2D eigenvalue weighted by molar-refractivity contribution is 0.296. The molecule has 1 unspecified atom stereocenters. The predicted molar refractivity (Wildman–Crippen MR) is 97.9 cm³/mol. The number of nitrogens with one attached hydrogen (secondary N) is 1. The fraction of sp³-hybridized carbons (Fsp3) is 0.250. The molecule has 0 aliphatic rings. The molecule has 0 fully saturated rings. The lowest BCUT2D eigenvalue weighted by atomic mass is 9.98. The normalized spacial score (nSPS) is 12.1. The smallest absolute Gasteiger partial charge is 0.130 e. The van der Waals surface area contributed by atoms with Crippen LogP contribution in [0.15, 0.2) is 54.6 Å². The molecule has 1 aromatic heterocycles. The first-order chi connectivity index (χ1) is 11.7. The second-order valence-electron chi connectivity index (χ2n) is 6.04. The van der Waals surface area contributed by atoms with Crippen molar-refractivity contribution >= 4 is 5.69 Å². The standard InChI is InChI=1S/C20H23N3O/c1-3-14(2)18-9-4-5-10-20(18)24-13-17-12-19(23-22-17)15-7-6-8-16(21)11-15/h4-12,14H,3,13,21H2,1-2H3,(H,22,23). The fourth-order valence-electron chi connectivity index (χ4n) is 2.68. The van der Waals surface area contributed by atoms with Crippen LogP contribution in [0.25, 0.3) is 11.3 Å². The summed E-state index contributed by atoms with van der Waals surface area (Å²) in [7, 11) is 0. The molecule has 0 saturated heterocycles. The molecule has 3 rings (SSSR count). The first-order valence-corrected chi connectivity index (χ1v) is 8.29. The van der Waals surface area contributed by atoms with Gasteiger partial charge in [0.05, 0.1) is 11.4 Å². The number of nitrogens with two attached hydrogens (primary N) is 1. The Bertz CT molecular complexity index is 810. The van der Waals surface area contributed by atoms with Crippen molar-refractivity contribution in [2.24, 2.45) is 0 Å². The van der Waals surface area contributed by atoms with Crippen LogP contribution < -0.4 is 10.5 Å². The first kappa shape index (κ1) is 16.1. The minimum Gasteiger partial charge on any atom is -0.487 e. The second kappa shape index (κ2) is 7.21. The summed E-state index contributed by atoms with van der Waals surface area (Å²) < 4.78 is 6.02. The van der Waals surface area contributed by atoms with Crippen LogP contribution in [0, 0.1) is 0 Å². The van der Waals surface area contributed by atoms with Gasteiger partial charge in [0.15, 0.2) is 0 Å². The molecule has 3 aromatic rings. The van der Waals surface area contributed by atoms with E-state index in [1.54, 1.807) is 0 Å². The highest BCUT2D eigenvalue weighted by atomic mass is 16.5. The van der Waals surface area contributed by atoms with E-state index in [2.05, 4.69) is 36.2 Å². The van der Waals surface area contributed by atoms with Crippen molar-refractivity contribution in [3.63, 3.8) is 0 Å². The van der Waals surface area contributed by atoms with Gasteiger partial charge in [-0.05, 0) is 42.2 Å². The van der Waals surface area contributed by atoms with E-state index >= 15 is 0 Å². The molecule has 124 valence electrons. The van der Waals surface area contributed by atoms with Crippen LogP contribution in [0.1, 0.15) is 37.4 Å². The maximum atomic E-state index is 6.02. The van der Waals surface area contributed by atoms with Gasteiger partial charge in [-0.3, -0.25) is 5.10 Å². The summed E-state index contributed by atoms with van der Waals surface area (Å²) in [6.07, 6.45) is 1.09. The van der Waals surface area contributed by atoms with E-state index < -0.39 is 0 Å². The fourth-order valence-corrected chi connectivity index (χ4v) is 2.68. The molecular formula is C20H23N3O. The average molecular weight is 321 g/mol. The molecule has 24 heavy (non-hydrogen) atoms. The highest BCUT2D eigenvalue weighted by molar-refractivity contribution is 5.64. The highest BCUT2D eigenvalue weighted by Gasteiger charge is 2.10. The average Bonchev–Trinajstić information content (AvgIpc) is 3.08. The molecule has 0 amide bonds. The third kappa shape index (κ3) is 3.59. The van der Waals surface area contributed by atoms with Crippen LogP contribution in [0.5, 0.6) is 5.75 Å². The van der Waals surface area contributed by atoms with Gasteiger partial charge < -0.3 is 10.5 Å². The van der Waals surface area contributed by atoms with Gasteiger partial charge in [-0.1, -0.05) is 44.2 Å². The van der Waals surface area contributed by atoms with E-state index in [1.165, 1.54) is 5.56 Å². The third-order valence-electron chi connectivity index (χ3n) is 4.26. The number of anilines is 1. The van der Waals surface area contributed by atoms with Gasteiger partial charge in [0, 0.05) is 11.3 Å². The van der Waals surface area contributed by atoms with Crippen molar-refractivity contribution in [2.75, 3.05) is 5.73 Å². The lowest BCUT2D eigenvalue weighted by Gasteiger charge is -2.15. The summed E-state index contributed by atoms with van der Waals surface area (Å²) in [5.74, 6) is 1.41. The Kier molecular flexibility index (Phi) is 4.85. The topological polar surface area (TPSA) is 63.9 Å². The summed E-state index contributed by atoms with van der Waals surface area (Å²) in [4.78, 5) is 0. The van der Waals surface area contributed by atoms with Crippen LogP contribution in [-0.2, 0) is 6.61 Å². The first-order valence-electron chi connectivity index (χ1n) is 8.29. The summed E-state index contributed by atoms with van der Waals surface area (Å²) in [6.45, 7) is 4.87. The van der Waals surface area contributed by atoms with Gasteiger partial charge in [-0.25, -0.2) is 0 Å². The number of aromatic nitrogens is 2. The number of aromatic amines is 1. The second-order valence-corrected chi connectivity index (χ2v) is 6.04. The minimum atomic E-state index is 0.461. The molecule has 0 aliphatic carbocycles. The number of hydrogen-bond acceptors (Lipinski definition) is 3. The van der Waals surface area contributed by atoms with Crippen LogP contribution >= 0.6 is 0 Å². The highest BCUT2D eigenvalue weighted by Crippen LogP contribution is 2.29. The Morgan fingerprint density at radius 2 is 1.96 bits per heavy atom. The van der Waals surface area contributed by atoms with Gasteiger partial charge in [-0.2, -0.15) is 5.10 Å². The lowest BCUT2D eigenvalue weighted by Crippen LogP contribution is -2.01. The molecule has 3 N–H and O–H groups in total. The predicted octanol–water partition coefficient (Wildman–Crippen LogP) is 4.75. The maximum Gasteiger partial charge on any atom is 0.130 e. The van der Waals surface area contributed by atoms with Gasteiger partial charge >= 0.3 is 0 Å². The summed E-state index contributed by atoms with van der Waals surface area (Å²) in [5.41, 5.74) is 10.6. The molecule has 4 heteroatoms. The monoisotopic (exact) mass is 321 g/mol. The minimum absolute atomic E-state index is 0.461. The van der Waals surface area contributed by atoms with Crippen molar-refractivity contribution in [1.82, 2.24) is 10.2 Å². The van der Waals surface area contributed by atoms with Gasteiger partial charge in [0.25, 0.3) is 0 Å². The van der Waals surface area contributed by atoms with Crippen LogP contribution in [0.4, 0.5) is 5.69 Å². The number of nitrogen functional groups attached to an aromatic ring is 1. The SMILES string of the molecule is CCC(C)c1ccccc1OCc1cc(-c2cccc(N)c2)n[nH]1. The van der Waals surface area contributed by atoms with E-state index in [0.29, 0.717) is 12.5 Å². The van der Waals surface area contributed by atoms with E-state index in [-0.39, 0.29) is 0 Å². The summed E-state index contributed by atoms with van der Waals surface area (Å²) in [6, 6.07) is 17.9. The molecule has 2 aromatic carbocycles. The van der Waals surface area contributed by atoms with E-state index in [4.69, 9.17) is 10.5 Å². The zero-order valence-electron chi connectivity index (χ0n) is 14.1. The largest absolute Gasteiger partial charge is 0.487 e. The summed E-state index contributed by atoms with van der Waals surface area (Å²) >= 11 is 0. The van der Waals surface area contributed by atoms with Crippen molar-refractivity contribution in [2.45, 2.75) is 32.8 Å². The number of benzene rings is 2. The Balaban J connectivity index is 1.73. The molecular weight excluding hydrogens is 298 g/mol. The van der Waals surface area contributed by atoms with Gasteiger partial charge in [0.1, 0.15) is 12.4 Å². The number of ether oxygens (including phenoxy) is 1. The molecule has 1 heterocycles.